The molecule has 0 atom stereocenters. The van der Waals surface area contributed by atoms with Crippen molar-refractivity contribution < 1.29 is 13.8 Å². The quantitative estimate of drug-likeness (QED) is 0.862. The number of nitrogens with zero attached hydrogens (tertiary/aromatic N) is 1. The second-order valence-electron chi connectivity index (χ2n) is 4.08. The highest BCUT2D eigenvalue weighted by Crippen LogP contribution is 2.11. The van der Waals surface area contributed by atoms with Crippen LogP contribution in [-0.2, 0) is 11.3 Å². The topological polar surface area (TPSA) is 33.0 Å². The van der Waals surface area contributed by atoms with Crippen molar-refractivity contribution in [2.24, 2.45) is 0 Å². The van der Waals surface area contributed by atoms with Crippen LogP contribution in [0.2, 0.25) is 0 Å². The number of rotatable bonds is 3. The standard InChI is InChI=1S/C14H13FN2O.ClH/c1-11-6-8-17(9-7-11)10-14(18)16-13-5-3-2-4-12(13)15;/h2-9H,10H2,1H3;1H/p+1. The lowest BCUT2D eigenvalue weighted by atomic mass is 10.3. The van der Waals surface area contributed by atoms with Gasteiger partial charge in [-0.1, -0.05) is 12.1 Å². The molecule has 0 aliphatic rings. The summed E-state index contributed by atoms with van der Waals surface area (Å²) in [5.41, 5.74) is 1.33. The highest BCUT2D eigenvalue weighted by molar-refractivity contribution is 5.89. The molecule has 1 amide bonds. The zero-order valence-corrected chi connectivity index (χ0v) is 11.3. The van der Waals surface area contributed by atoms with Crippen LogP contribution in [0.15, 0.2) is 48.8 Å². The smallest absolute Gasteiger partial charge is 0.290 e. The van der Waals surface area contributed by atoms with Crippen LogP contribution < -0.4 is 9.88 Å². The van der Waals surface area contributed by atoms with Gasteiger partial charge in [-0.15, -0.1) is 12.4 Å². The summed E-state index contributed by atoms with van der Waals surface area (Å²) < 4.78 is 15.1. The summed E-state index contributed by atoms with van der Waals surface area (Å²) in [5, 5.41) is 2.54. The number of carbonyl (C=O) groups is 1. The summed E-state index contributed by atoms with van der Waals surface area (Å²) in [6, 6.07) is 9.94. The molecule has 0 radical (unpaired) electrons. The van der Waals surface area contributed by atoms with E-state index in [1.54, 1.807) is 16.7 Å². The van der Waals surface area contributed by atoms with E-state index in [0.717, 1.165) is 5.56 Å². The fraction of sp³-hybridized carbons (Fsp3) is 0.143. The van der Waals surface area contributed by atoms with E-state index in [-0.39, 0.29) is 30.5 Å². The van der Waals surface area contributed by atoms with Crippen LogP contribution in [0.3, 0.4) is 0 Å². The van der Waals surface area contributed by atoms with Crippen LogP contribution in [0.4, 0.5) is 10.1 Å². The number of anilines is 1. The summed E-state index contributed by atoms with van der Waals surface area (Å²) >= 11 is 0. The van der Waals surface area contributed by atoms with Gasteiger partial charge in [0.1, 0.15) is 5.82 Å². The van der Waals surface area contributed by atoms with Gasteiger partial charge in [-0.25, -0.2) is 4.39 Å². The van der Waals surface area contributed by atoms with Crippen molar-refractivity contribution in [3.05, 3.63) is 60.2 Å². The van der Waals surface area contributed by atoms with E-state index in [4.69, 9.17) is 0 Å². The molecule has 0 bridgehead atoms. The number of amides is 1. The van der Waals surface area contributed by atoms with Gasteiger partial charge in [0, 0.05) is 12.1 Å². The van der Waals surface area contributed by atoms with E-state index in [0.29, 0.717) is 0 Å². The zero-order chi connectivity index (χ0) is 13.0. The Hall–Kier alpha value is -1.94. The predicted octanol–water partition coefficient (Wildman–Crippen LogP) is 2.48. The van der Waals surface area contributed by atoms with Crippen LogP contribution in [-0.4, -0.2) is 5.91 Å². The van der Waals surface area contributed by atoms with Crippen molar-refractivity contribution in [2.45, 2.75) is 13.5 Å². The lowest BCUT2D eigenvalue weighted by Gasteiger charge is -2.03. The molecule has 0 aliphatic heterocycles. The monoisotopic (exact) mass is 281 g/mol. The first-order chi connectivity index (χ1) is 8.65. The van der Waals surface area contributed by atoms with Gasteiger partial charge in [0.2, 0.25) is 6.54 Å². The van der Waals surface area contributed by atoms with Crippen molar-refractivity contribution in [2.75, 3.05) is 5.32 Å². The Balaban J connectivity index is 0.00000180. The Kier molecular flexibility index (Phi) is 5.45. The van der Waals surface area contributed by atoms with Crippen LogP contribution in [0, 0.1) is 12.7 Å². The number of nitrogens with one attached hydrogen (secondary N) is 1. The van der Waals surface area contributed by atoms with Gasteiger partial charge in [-0.05, 0) is 24.6 Å². The number of aromatic nitrogens is 1. The molecule has 0 fully saturated rings. The highest BCUT2D eigenvalue weighted by atomic mass is 35.5. The minimum Gasteiger partial charge on any atom is -0.318 e. The Labute approximate surface area is 117 Å². The second kappa shape index (κ2) is 6.85. The van der Waals surface area contributed by atoms with Crippen LogP contribution in [0.25, 0.3) is 0 Å². The summed E-state index contributed by atoms with van der Waals surface area (Å²) in [6.45, 7) is 2.14. The van der Waals surface area contributed by atoms with E-state index < -0.39 is 5.82 Å². The van der Waals surface area contributed by atoms with Crippen LogP contribution in [0.1, 0.15) is 5.56 Å². The van der Waals surface area contributed by atoms with E-state index in [1.165, 1.54) is 12.1 Å². The van der Waals surface area contributed by atoms with Crippen molar-refractivity contribution in [1.29, 1.82) is 0 Å². The largest absolute Gasteiger partial charge is 0.318 e. The highest BCUT2D eigenvalue weighted by Gasteiger charge is 2.11. The molecule has 0 saturated heterocycles. The molecule has 2 aromatic rings. The average molecular weight is 282 g/mol. The number of hydrogen-bond acceptors (Lipinski definition) is 1. The molecule has 19 heavy (non-hydrogen) atoms. The molecule has 1 aromatic carbocycles. The van der Waals surface area contributed by atoms with Gasteiger partial charge in [0.15, 0.2) is 12.4 Å². The fourth-order valence-corrected chi connectivity index (χ4v) is 1.56. The van der Waals surface area contributed by atoms with Gasteiger partial charge in [-0.3, -0.25) is 4.79 Å². The molecule has 5 heteroatoms. The molecule has 0 aliphatic carbocycles. The minimum atomic E-state index is -0.431. The molecule has 0 spiro atoms. The van der Waals surface area contributed by atoms with Crippen LogP contribution in [0.5, 0.6) is 0 Å². The maximum Gasteiger partial charge on any atom is 0.290 e. The van der Waals surface area contributed by atoms with Gasteiger partial charge in [0.25, 0.3) is 5.91 Å². The summed E-state index contributed by atoms with van der Waals surface area (Å²) in [7, 11) is 0. The van der Waals surface area contributed by atoms with Gasteiger partial charge in [-0.2, -0.15) is 4.57 Å². The van der Waals surface area contributed by atoms with Crippen molar-refractivity contribution in [1.82, 2.24) is 0 Å². The molecule has 1 heterocycles. The average Bonchev–Trinajstić information content (AvgIpc) is 2.35. The Morgan fingerprint density at radius 3 is 2.47 bits per heavy atom. The van der Waals surface area contributed by atoms with Gasteiger partial charge in [0.05, 0.1) is 5.69 Å². The predicted molar refractivity (Wildman–Crippen MR) is 73.7 cm³/mol. The molecular weight excluding hydrogens is 267 g/mol. The number of hydrogen-bond donors (Lipinski definition) is 1. The van der Waals surface area contributed by atoms with E-state index >= 15 is 0 Å². The molecule has 0 unspecified atom stereocenters. The molecular formula is C14H15ClFN2O+. The van der Waals surface area contributed by atoms with Gasteiger partial charge < -0.3 is 5.32 Å². The van der Waals surface area contributed by atoms with E-state index in [9.17, 15) is 9.18 Å². The van der Waals surface area contributed by atoms with E-state index in [2.05, 4.69) is 5.32 Å². The van der Waals surface area contributed by atoms with Crippen molar-refractivity contribution in [3.8, 4) is 0 Å². The Bertz CT molecular complexity index is 558. The fourth-order valence-electron chi connectivity index (χ4n) is 1.56. The van der Waals surface area contributed by atoms with E-state index in [1.807, 2.05) is 31.5 Å². The number of carbonyl (C=O) groups excluding carboxylic acids is 1. The van der Waals surface area contributed by atoms with Crippen molar-refractivity contribution in [3.63, 3.8) is 0 Å². The first-order valence-electron chi connectivity index (χ1n) is 5.65. The molecule has 3 nitrogen and oxygen atoms in total. The maximum atomic E-state index is 13.3. The van der Waals surface area contributed by atoms with Crippen LogP contribution >= 0.6 is 12.4 Å². The second-order valence-corrected chi connectivity index (χ2v) is 4.08. The lowest BCUT2D eigenvalue weighted by molar-refractivity contribution is -0.684. The lowest BCUT2D eigenvalue weighted by Crippen LogP contribution is -2.39. The van der Waals surface area contributed by atoms with Crippen molar-refractivity contribution >= 4 is 24.0 Å². The van der Waals surface area contributed by atoms with Gasteiger partial charge >= 0.3 is 0 Å². The summed E-state index contributed by atoms with van der Waals surface area (Å²) in [6.07, 6.45) is 3.63. The SMILES string of the molecule is Cc1cc[n+](CC(=O)Nc2ccccc2F)cc1.Cl. The molecule has 0 saturated carbocycles. The maximum absolute atomic E-state index is 13.3. The third-order valence-electron chi connectivity index (χ3n) is 2.53. The number of aryl methyl sites for hydroxylation is 1. The Morgan fingerprint density at radius 2 is 1.84 bits per heavy atom. The summed E-state index contributed by atoms with van der Waals surface area (Å²) in [5.74, 6) is -0.686. The number of benzene rings is 1. The number of pyridine rings is 1. The first kappa shape index (κ1) is 15.1. The normalized spacial score (nSPS) is 9.58. The third-order valence-corrected chi connectivity index (χ3v) is 2.53. The summed E-state index contributed by atoms with van der Waals surface area (Å²) in [4.78, 5) is 11.7. The third kappa shape index (κ3) is 4.34. The minimum absolute atomic E-state index is 0. The molecule has 2 rings (SSSR count). The number of halogens is 2. The first-order valence-corrected chi connectivity index (χ1v) is 5.65. The molecule has 100 valence electrons. The molecule has 1 aromatic heterocycles. The Morgan fingerprint density at radius 1 is 1.21 bits per heavy atom. The molecule has 1 N–H and O–H groups in total. The zero-order valence-electron chi connectivity index (χ0n) is 10.5. The number of para-hydroxylation sites is 1.